The quantitative estimate of drug-likeness (QED) is 0.586. The molecule has 0 saturated heterocycles. The van der Waals surface area contributed by atoms with E-state index >= 15 is 0 Å². The highest BCUT2D eigenvalue weighted by Gasteiger charge is 2.04. The molecule has 1 rings (SSSR count). The van der Waals surface area contributed by atoms with E-state index in [1.54, 1.807) is 12.4 Å². The molecule has 1 aromatic rings. The second-order valence-electron chi connectivity index (χ2n) is 3.50. The number of unbranched alkanes of at least 4 members (excludes halogenated alkanes) is 2. The molecule has 0 amide bonds. The zero-order valence-electron chi connectivity index (χ0n) is 8.92. The smallest absolute Gasteiger partial charge is 0.0822 e. The zero-order chi connectivity index (χ0) is 11.1. The van der Waals surface area contributed by atoms with E-state index in [0.29, 0.717) is 0 Å². The third-order valence-electron chi connectivity index (χ3n) is 2.29. The summed E-state index contributed by atoms with van der Waals surface area (Å²) in [6.07, 6.45) is 7.14. The first-order valence-corrected chi connectivity index (χ1v) is 6.62. The number of aromatic nitrogens is 1. The molecule has 0 bridgehead atoms. The van der Waals surface area contributed by atoms with Crippen molar-refractivity contribution >= 4 is 33.2 Å². The SMILES string of the molecule is CN(CCCCCBr)c1ccncc1Cl. The maximum atomic E-state index is 6.05. The van der Waals surface area contributed by atoms with Gasteiger partial charge in [0.05, 0.1) is 10.7 Å². The molecule has 4 heteroatoms. The van der Waals surface area contributed by atoms with Crippen molar-refractivity contribution in [2.45, 2.75) is 19.3 Å². The number of nitrogens with zero attached hydrogens (tertiary/aromatic N) is 2. The molecule has 84 valence electrons. The van der Waals surface area contributed by atoms with E-state index < -0.39 is 0 Å². The molecule has 2 nitrogen and oxygen atoms in total. The fourth-order valence-electron chi connectivity index (χ4n) is 1.42. The number of hydrogen-bond donors (Lipinski definition) is 0. The van der Waals surface area contributed by atoms with E-state index in [0.717, 1.165) is 22.6 Å². The Morgan fingerprint density at radius 1 is 1.40 bits per heavy atom. The Morgan fingerprint density at radius 3 is 2.87 bits per heavy atom. The first kappa shape index (κ1) is 12.8. The lowest BCUT2D eigenvalue weighted by atomic mass is 10.2. The minimum Gasteiger partial charge on any atom is -0.373 e. The molecule has 0 unspecified atom stereocenters. The number of anilines is 1. The van der Waals surface area contributed by atoms with Crippen molar-refractivity contribution in [2.24, 2.45) is 0 Å². The fourth-order valence-corrected chi connectivity index (χ4v) is 2.08. The fraction of sp³-hybridized carbons (Fsp3) is 0.545. The second-order valence-corrected chi connectivity index (χ2v) is 4.70. The van der Waals surface area contributed by atoms with Gasteiger partial charge in [0, 0.05) is 31.3 Å². The lowest BCUT2D eigenvalue weighted by Gasteiger charge is -2.19. The van der Waals surface area contributed by atoms with Crippen molar-refractivity contribution < 1.29 is 0 Å². The van der Waals surface area contributed by atoms with Crippen molar-refractivity contribution in [1.29, 1.82) is 0 Å². The first-order valence-electron chi connectivity index (χ1n) is 5.12. The maximum Gasteiger partial charge on any atom is 0.0822 e. The van der Waals surface area contributed by atoms with E-state index in [1.165, 1.54) is 19.3 Å². The standard InChI is InChI=1S/C11H16BrClN2/c1-15(8-4-2-3-6-12)11-5-7-14-9-10(11)13/h5,7,9H,2-4,6,8H2,1H3. The summed E-state index contributed by atoms with van der Waals surface area (Å²) in [6.45, 7) is 1.04. The first-order chi connectivity index (χ1) is 7.25. The van der Waals surface area contributed by atoms with E-state index in [9.17, 15) is 0 Å². The van der Waals surface area contributed by atoms with Crippen LogP contribution in [-0.2, 0) is 0 Å². The Bertz CT molecular complexity index is 294. The third kappa shape index (κ3) is 4.39. The zero-order valence-corrected chi connectivity index (χ0v) is 11.3. The molecule has 0 spiro atoms. The summed E-state index contributed by atoms with van der Waals surface area (Å²) >= 11 is 9.48. The van der Waals surface area contributed by atoms with Gasteiger partial charge >= 0.3 is 0 Å². The van der Waals surface area contributed by atoms with Crippen LogP contribution in [0.5, 0.6) is 0 Å². The van der Waals surface area contributed by atoms with Crippen LogP contribution in [0.15, 0.2) is 18.5 Å². The van der Waals surface area contributed by atoms with E-state index in [4.69, 9.17) is 11.6 Å². The lowest BCUT2D eigenvalue weighted by Crippen LogP contribution is -2.18. The predicted octanol–water partition coefficient (Wildman–Crippen LogP) is 3.74. The van der Waals surface area contributed by atoms with Crippen LogP contribution < -0.4 is 4.90 Å². The summed E-state index contributed by atoms with van der Waals surface area (Å²) in [7, 11) is 2.06. The minimum absolute atomic E-state index is 0.723. The van der Waals surface area contributed by atoms with Crippen LogP contribution in [0.1, 0.15) is 19.3 Å². The minimum atomic E-state index is 0.723. The summed E-state index contributed by atoms with van der Waals surface area (Å²) in [6, 6.07) is 1.95. The monoisotopic (exact) mass is 290 g/mol. The van der Waals surface area contributed by atoms with Crippen LogP contribution in [0, 0.1) is 0 Å². The molecule has 0 N–H and O–H groups in total. The Morgan fingerprint density at radius 2 is 2.20 bits per heavy atom. The molecule has 0 radical (unpaired) electrons. The van der Waals surface area contributed by atoms with Crippen LogP contribution in [0.2, 0.25) is 5.02 Å². The van der Waals surface area contributed by atoms with Crippen LogP contribution in [0.3, 0.4) is 0 Å². The van der Waals surface area contributed by atoms with Gasteiger partial charge < -0.3 is 4.90 Å². The van der Waals surface area contributed by atoms with Gasteiger partial charge in [0.25, 0.3) is 0 Å². The molecular formula is C11H16BrClN2. The lowest BCUT2D eigenvalue weighted by molar-refractivity contribution is 0.711. The molecule has 0 aromatic carbocycles. The Kier molecular flexibility index (Phi) is 6.03. The highest BCUT2D eigenvalue weighted by molar-refractivity contribution is 9.09. The van der Waals surface area contributed by atoms with Gasteiger partial charge in [-0.1, -0.05) is 34.0 Å². The Hall–Kier alpha value is -0.280. The van der Waals surface area contributed by atoms with Crippen LogP contribution in [0.4, 0.5) is 5.69 Å². The average Bonchev–Trinajstić information content (AvgIpc) is 2.25. The second kappa shape index (κ2) is 7.07. The van der Waals surface area contributed by atoms with Gasteiger partial charge in [-0.2, -0.15) is 0 Å². The average molecular weight is 292 g/mol. The van der Waals surface area contributed by atoms with Crippen LogP contribution >= 0.6 is 27.5 Å². The Balaban J connectivity index is 2.40. The number of hydrogen-bond acceptors (Lipinski definition) is 2. The van der Waals surface area contributed by atoms with Gasteiger partial charge in [-0.05, 0) is 18.9 Å². The molecule has 0 fully saturated rings. The van der Waals surface area contributed by atoms with E-state index in [2.05, 4.69) is 32.9 Å². The molecular weight excluding hydrogens is 275 g/mol. The normalized spacial score (nSPS) is 10.3. The van der Waals surface area contributed by atoms with E-state index in [-0.39, 0.29) is 0 Å². The summed E-state index contributed by atoms with van der Waals surface area (Å²) in [5.41, 5.74) is 1.06. The third-order valence-corrected chi connectivity index (χ3v) is 3.14. The molecule has 0 aliphatic carbocycles. The van der Waals surface area contributed by atoms with Crippen molar-refractivity contribution in [2.75, 3.05) is 23.8 Å². The van der Waals surface area contributed by atoms with Gasteiger partial charge in [0.2, 0.25) is 0 Å². The highest BCUT2D eigenvalue weighted by atomic mass is 79.9. The largest absolute Gasteiger partial charge is 0.373 e. The molecule has 1 heterocycles. The topological polar surface area (TPSA) is 16.1 Å². The summed E-state index contributed by atoms with van der Waals surface area (Å²) in [4.78, 5) is 6.15. The van der Waals surface area contributed by atoms with Gasteiger partial charge in [0.15, 0.2) is 0 Å². The summed E-state index contributed by atoms with van der Waals surface area (Å²) in [5.74, 6) is 0. The number of halogens is 2. The van der Waals surface area contributed by atoms with Crippen molar-refractivity contribution in [3.8, 4) is 0 Å². The van der Waals surface area contributed by atoms with E-state index in [1.807, 2.05) is 6.07 Å². The van der Waals surface area contributed by atoms with Crippen molar-refractivity contribution in [1.82, 2.24) is 4.98 Å². The van der Waals surface area contributed by atoms with Gasteiger partial charge in [-0.15, -0.1) is 0 Å². The summed E-state index contributed by atoms with van der Waals surface area (Å²) in [5, 5.41) is 1.81. The molecule has 0 saturated carbocycles. The maximum absolute atomic E-state index is 6.05. The van der Waals surface area contributed by atoms with Gasteiger partial charge in [-0.3, -0.25) is 4.98 Å². The molecule has 0 atom stereocenters. The molecule has 0 aliphatic heterocycles. The molecule has 1 aromatic heterocycles. The Labute approximate surface area is 105 Å². The van der Waals surface area contributed by atoms with Crippen molar-refractivity contribution in [3.05, 3.63) is 23.5 Å². The predicted molar refractivity (Wildman–Crippen MR) is 70.2 cm³/mol. The van der Waals surface area contributed by atoms with Gasteiger partial charge in [-0.25, -0.2) is 0 Å². The molecule has 0 aliphatic rings. The highest BCUT2D eigenvalue weighted by Crippen LogP contribution is 2.23. The van der Waals surface area contributed by atoms with Crippen LogP contribution in [-0.4, -0.2) is 23.9 Å². The van der Waals surface area contributed by atoms with Gasteiger partial charge in [0.1, 0.15) is 0 Å². The van der Waals surface area contributed by atoms with Crippen molar-refractivity contribution in [3.63, 3.8) is 0 Å². The van der Waals surface area contributed by atoms with Crippen LogP contribution in [0.25, 0.3) is 0 Å². The summed E-state index contributed by atoms with van der Waals surface area (Å²) < 4.78 is 0. The molecule has 15 heavy (non-hydrogen) atoms. The number of rotatable bonds is 6. The number of pyridine rings is 1. The number of alkyl halides is 1.